The van der Waals surface area contributed by atoms with E-state index in [1.165, 1.54) is 39.2 Å². The second kappa shape index (κ2) is 7.65. The van der Waals surface area contributed by atoms with Crippen molar-refractivity contribution >= 4 is 11.9 Å². The second-order valence-corrected chi connectivity index (χ2v) is 6.16. The van der Waals surface area contributed by atoms with Gasteiger partial charge in [-0.3, -0.25) is 4.79 Å². The molecule has 0 N–H and O–H groups in total. The lowest BCUT2D eigenvalue weighted by Gasteiger charge is -2.34. The van der Waals surface area contributed by atoms with Gasteiger partial charge in [-0.15, -0.1) is 0 Å². The fourth-order valence-corrected chi connectivity index (χ4v) is 3.56. The van der Waals surface area contributed by atoms with E-state index in [1.807, 2.05) is 0 Å². The minimum absolute atomic E-state index is 0.144. The molecule has 2 fully saturated rings. The van der Waals surface area contributed by atoms with Gasteiger partial charge in [0.05, 0.1) is 7.11 Å². The Bertz CT molecular complexity index is 337. The van der Waals surface area contributed by atoms with Crippen LogP contribution in [0.2, 0.25) is 0 Å². The third kappa shape index (κ3) is 3.97. The Balaban J connectivity index is 1.83. The summed E-state index contributed by atoms with van der Waals surface area (Å²) >= 11 is 0. The van der Waals surface area contributed by atoms with Crippen LogP contribution in [0.1, 0.15) is 64.2 Å². The van der Waals surface area contributed by atoms with Gasteiger partial charge in [0, 0.05) is 13.0 Å². The highest BCUT2D eigenvalue weighted by molar-refractivity contribution is 5.84. The van der Waals surface area contributed by atoms with Crippen molar-refractivity contribution in [3.63, 3.8) is 0 Å². The highest BCUT2D eigenvalue weighted by Gasteiger charge is 2.32. The molecule has 0 radical (unpaired) electrons. The van der Waals surface area contributed by atoms with Gasteiger partial charge in [0.1, 0.15) is 6.04 Å². The summed E-state index contributed by atoms with van der Waals surface area (Å²) in [6, 6.07) is -0.340. The van der Waals surface area contributed by atoms with Crippen molar-refractivity contribution in [2.45, 2.75) is 70.3 Å². The summed E-state index contributed by atoms with van der Waals surface area (Å²) in [5, 5.41) is 0. The number of hydrogen-bond acceptors (Lipinski definition) is 3. The lowest BCUT2D eigenvalue weighted by atomic mass is 9.86. The standard InChI is InChI=1S/C16H27NO3/c1-20-16(19)14-9-5-6-12-17(14)15(18)11-10-13-7-3-2-4-8-13/h13-14H,2-12H2,1H3. The maximum Gasteiger partial charge on any atom is 0.328 e. The number of methoxy groups -OCH3 is 1. The first kappa shape index (κ1) is 15.3. The number of carbonyl (C=O) groups is 2. The lowest BCUT2D eigenvalue weighted by molar-refractivity contribution is -0.154. The molecular formula is C16H27NO3. The van der Waals surface area contributed by atoms with Crippen LogP contribution in [-0.4, -0.2) is 36.5 Å². The number of rotatable bonds is 4. The zero-order valence-electron chi connectivity index (χ0n) is 12.6. The molecule has 2 aliphatic rings. The van der Waals surface area contributed by atoms with Gasteiger partial charge >= 0.3 is 5.97 Å². The van der Waals surface area contributed by atoms with E-state index >= 15 is 0 Å². The Morgan fingerprint density at radius 2 is 1.75 bits per heavy atom. The summed E-state index contributed by atoms with van der Waals surface area (Å²) in [6.45, 7) is 0.712. The molecule has 114 valence electrons. The monoisotopic (exact) mass is 281 g/mol. The van der Waals surface area contributed by atoms with Gasteiger partial charge in [-0.2, -0.15) is 0 Å². The number of ether oxygens (including phenoxy) is 1. The number of nitrogens with zero attached hydrogens (tertiary/aromatic N) is 1. The highest BCUT2D eigenvalue weighted by atomic mass is 16.5. The molecule has 0 aromatic carbocycles. The molecular weight excluding hydrogens is 254 g/mol. The van der Waals surface area contributed by atoms with E-state index in [4.69, 9.17) is 4.74 Å². The van der Waals surface area contributed by atoms with Crippen molar-refractivity contribution in [2.24, 2.45) is 5.92 Å². The van der Waals surface area contributed by atoms with E-state index in [2.05, 4.69) is 0 Å². The first-order valence-corrected chi connectivity index (χ1v) is 8.09. The average Bonchev–Trinajstić information content (AvgIpc) is 2.52. The van der Waals surface area contributed by atoms with Crippen molar-refractivity contribution in [3.8, 4) is 0 Å². The fraction of sp³-hybridized carbons (Fsp3) is 0.875. The van der Waals surface area contributed by atoms with Crippen LogP contribution >= 0.6 is 0 Å². The van der Waals surface area contributed by atoms with Gasteiger partial charge in [-0.05, 0) is 31.6 Å². The van der Waals surface area contributed by atoms with E-state index in [1.54, 1.807) is 4.90 Å². The largest absolute Gasteiger partial charge is 0.467 e. The summed E-state index contributed by atoms with van der Waals surface area (Å²) in [4.78, 5) is 25.9. The van der Waals surface area contributed by atoms with Crippen LogP contribution in [0.25, 0.3) is 0 Å². The van der Waals surface area contributed by atoms with E-state index in [0.29, 0.717) is 18.9 Å². The maximum absolute atomic E-state index is 12.4. The normalized spacial score (nSPS) is 24.4. The van der Waals surface area contributed by atoms with Gasteiger partial charge < -0.3 is 9.64 Å². The predicted octanol–water partition coefficient (Wildman–Crippen LogP) is 2.90. The predicted molar refractivity (Wildman–Crippen MR) is 77.2 cm³/mol. The van der Waals surface area contributed by atoms with Crippen LogP contribution in [0.4, 0.5) is 0 Å². The van der Waals surface area contributed by atoms with Crippen LogP contribution in [0.5, 0.6) is 0 Å². The summed E-state index contributed by atoms with van der Waals surface area (Å²) in [5.74, 6) is 0.607. The summed E-state index contributed by atoms with van der Waals surface area (Å²) in [5.41, 5.74) is 0. The fourth-order valence-electron chi connectivity index (χ4n) is 3.56. The minimum atomic E-state index is -0.340. The third-order valence-corrected chi connectivity index (χ3v) is 4.79. The van der Waals surface area contributed by atoms with Crippen molar-refractivity contribution in [1.29, 1.82) is 0 Å². The van der Waals surface area contributed by atoms with Crippen molar-refractivity contribution < 1.29 is 14.3 Å². The molecule has 0 spiro atoms. The highest BCUT2D eigenvalue weighted by Crippen LogP contribution is 2.28. The molecule has 1 saturated heterocycles. The Kier molecular flexibility index (Phi) is 5.86. The Morgan fingerprint density at radius 1 is 1.05 bits per heavy atom. The number of carbonyl (C=O) groups excluding carboxylic acids is 2. The van der Waals surface area contributed by atoms with Crippen LogP contribution < -0.4 is 0 Å². The second-order valence-electron chi connectivity index (χ2n) is 6.16. The molecule has 0 bridgehead atoms. The van der Waals surface area contributed by atoms with Crippen molar-refractivity contribution in [3.05, 3.63) is 0 Å². The number of hydrogen-bond donors (Lipinski definition) is 0. The first-order valence-electron chi connectivity index (χ1n) is 8.09. The molecule has 0 aromatic rings. The van der Waals surface area contributed by atoms with Gasteiger partial charge in [-0.1, -0.05) is 32.1 Å². The lowest BCUT2D eigenvalue weighted by Crippen LogP contribution is -2.48. The first-order chi connectivity index (χ1) is 9.72. The van der Waals surface area contributed by atoms with Gasteiger partial charge in [0.25, 0.3) is 0 Å². The molecule has 2 rings (SSSR count). The Morgan fingerprint density at radius 3 is 2.45 bits per heavy atom. The zero-order valence-corrected chi connectivity index (χ0v) is 12.6. The molecule has 1 amide bonds. The summed E-state index contributed by atoms with van der Waals surface area (Å²) in [7, 11) is 1.40. The molecule has 4 heteroatoms. The van der Waals surface area contributed by atoms with Crippen LogP contribution in [0.15, 0.2) is 0 Å². The van der Waals surface area contributed by atoms with Crippen LogP contribution in [0, 0.1) is 5.92 Å². The molecule has 1 aliphatic heterocycles. The molecule has 0 aromatic heterocycles. The van der Waals surface area contributed by atoms with Crippen molar-refractivity contribution in [1.82, 2.24) is 4.90 Å². The van der Waals surface area contributed by atoms with E-state index in [9.17, 15) is 9.59 Å². The number of piperidine rings is 1. The van der Waals surface area contributed by atoms with Crippen LogP contribution in [0.3, 0.4) is 0 Å². The third-order valence-electron chi connectivity index (χ3n) is 4.79. The summed E-state index contributed by atoms with van der Waals surface area (Å²) < 4.78 is 4.83. The summed E-state index contributed by atoms with van der Waals surface area (Å²) in [6.07, 6.45) is 10.9. The minimum Gasteiger partial charge on any atom is -0.467 e. The Labute approximate surface area is 121 Å². The number of amides is 1. The molecule has 1 unspecified atom stereocenters. The Hall–Kier alpha value is -1.06. The number of esters is 1. The van der Waals surface area contributed by atoms with E-state index in [0.717, 1.165) is 25.7 Å². The smallest absolute Gasteiger partial charge is 0.328 e. The molecule has 1 heterocycles. The molecule has 1 saturated carbocycles. The van der Waals surface area contributed by atoms with Crippen molar-refractivity contribution in [2.75, 3.05) is 13.7 Å². The quantitative estimate of drug-likeness (QED) is 0.744. The molecule has 1 aliphatic carbocycles. The van der Waals surface area contributed by atoms with Gasteiger partial charge in [0.15, 0.2) is 0 Å². The molecule has 20 heavy (non-hydrogen) atoms. The number of likely N-dealkylation sites (tertiary alicyclic amines) is 1. The van der Waals surface area contributed by atoms with Crippen LogP contribution in [-0.2, 0) is 14.3 Å². The zero-order chi connectivity index (χ0) is 14.4. The topological polar surface area (TPSA) is 46.6 Å². The SMILES string of the molecule is COC(=O)C1CCCCN1C(=O)CCC1CCCCC1. The molecule has 4 nitrogen and oxygen atoms in total. The van der Waals surface area contributed by atoms with E-state index in [-0.39, 0.29) is 17.9 Å². The maximum atomic E-state index is 12.4. The van der Waals surface area contributed by atoms with Gasteiger partial charge in [0.2, 0.25) is 5.91 Å². The average molecular weight is 281 g/mol. The molecule has 1 atom stereocenters. The van der Waals surface area contributed by atoms with E-state index < -0.39 is 0 Å². The van der Waals surface area contributed by atoms with Gasteiger partial charge in [-0.25, -0.2) is 4.79 Å².